The van der Waals surface area contributed by atoms with E-state index in [0.29, 0.717) is 18.4 Å². The zero-order valence-corrected chi connectivity index (χ0v) is 11.8. The van der Waals surface area contributed by atoms with E-state index < -0.39 is 11.5 Å². The third-order valence-corrected chi connectivity index (χ3v) is 3.96. The molecular formula is C14H15N5O3. The number of amides is 1. The number of hydrogen-bond donors (Lipinski definition) is 2. The molecule has 0 spiro atoms. The van der Waals surface area contributed by atoms with E-state index >= 15 is 0 Å². The lowest BCUT2D eigenvalue weighted by Crippen LogP contribution is -2.52. The number of hydrogen-bond acceptors (Lipinski definition) is 5. The Hall–Kier alpha value is -2.77. The molecule has 8 heteroatoms. The quantitative estimate of drug-likeness (QED) is 0.864. The molecule has 1 fully saturated rings. The summed E-state index contributed by atoms with van der Waals surface area (Å²) in [7, 11) is 0. The van der Waals surface area contributed by atoms with Gasteiger partial charge in [0.1, 0.15) is 11.9 Å². The summed E-state index contributed by atoms with van der Waals surface area (Å²) < 4.78 is 1.47. The van der Waals surface area contributed by atoms with Gasteiger partial charge in [0.15, 0.2) is 0 Å². The van der Waals surface area contributed by atoms with Gasteiger partial charge in [0.2, 0.25) is 0 Å². The second-order valence-corrected chi connectivity index (χ2v) is 5.35. The molecule has 0 atom stereocenters. The Morgan fingerprint density at radius 2 is 1.86 bits per heavy atom. The summed E-state index contributed by atoms with van der Waals surface area (Å²) in [5.41, 5.74) is -0.00862. The zero-order chi connectivity index (χ0) is 15.6. The maximum atomic E-state index is 12.3. The molecule has 1 aliphatic rings. The van der Waals surface area contributed by atoms with Gasteiger partial charge in [0.05, 0.1) is 5.69 Å². The van der Waals surface area contributed by atoms with Gasteiger partial charge in [-0.1, -0.05) is 12.8 Å². The van der Waals surface area contributed by atoms with E-state index in [-0.39, 0.29) is 5.91 Å². The van der Waals surface area contributed by atoms with Crippen molar-refractivity contribution in [2.75, 3.05) is 0 Å². The Balaban J connectivity index is 1.76. The molecule has 0 bridgehead atoms. The lowest BCUT2D eigenvalue weighted by atomic mass is 9.97. The first-order chi connectivity index (χ1) is 10.6. The molecule has 1 aromatic heterocycles. The summed E-state index contributed by atoms with van der Waals surface area (Å²) in [5.74, 6) is -1.35. The van der Waals surface area contributed by atoms with E-state index in [1.165, 1.54) is 11.0 Å². The average Bonchev–Trinajstić information content (AvgIpc) is 3.19. The smallest absolute Gasteiger partial charge is 0.329 e. The predicted octanol–water partition coefficient (Wildman–Crippen LogP) is 0.789. The zero-order valence-electron chi connectivity index (χ0n) is 11.8. The number of tetrazole rings is 1. The van der Waals surface area contributed by atoms with Crippen LogP contribution in [-0.4, -0.2) is 42.7 Å². The number of carboxylic acid groups (broad SMARTS) is 1. The van der Waals surface area contributed by atoms with Crippen molar-refractivity contribution in [1.29, 1.82) is 0 Å². The molecule has 0 unspecified atom stereocenters. The number of carbonyl (C=O) groups excluding carboxylic acids is 1. The molecule has 0 aliphatic heterocycles. The van der Waals surface area contributed by atoms with Crippen molar-refractivity contribution in [3.8, 4) is 5.69 Å². The molecule has 2 N–H and O–H groups in total. The van der Waals surface area contributed by atoms with Crippen LogP contribution in [0.25, 0.3) is 5.69 Å². The summed E-state index contributed by atoms with van der Waals surface area (Å²) in [6.07, 6.45) is 4.01. The summed E-state index contributed by atoms with van der Waals surface area (Å²) in [6, 6.07) is 6.65. The van der Waals surface area contributed by atoms with Crippen molar-refractivity contribution in [2.24, 2.45) is 0 Å². The molecule has 114 valence electrons. The van der Waals surface area contributed by atoms with Crippen LogP contribution in [0.5, 0.6) is 0 Å². The maximum absolute atomic E-state index is 12.3. The van der Waals surface area contributed by atoms with Gasteiger partial charge in [-0.15, -0.1) is 5.10 Å². The fraction of sp³-hybridized carbons (Fsp3) is 0.357. The van der Waals surface area contributed by atoms with Crippen LogP contribution < -0.4 is 5.32 Å². The highest BCUT2D eigenvalue weighted by molar-refractivity contribution is 5.98. The van der Waals surface area contributed by atoms with Gasteiger partial charge >= 0.3 is 5.97 Å². The van der Waals surface area contributed by atoms with Crippen molar-refractivity contribution in [2.45, 2.75) is 31.2 Å². The first kappa shape index (κ1) is 14.2. The third-order valence-electron chi connectivity index (χ3n) is 3.96. The van der Waals surface area contributed by atoms with Gasteiger partial charge in [-0.05, 0) is 47.5 Å². The number of rotatable bonds is 4. The Kier molecular flexibility index (Phi) is 3.58. The van der Waals surface area contributed by atoms with Crippen molar-refractivity contribution in [3.05, 3.63) is 36.2 Å². The summed E-state index contributed by atoms with van der Waals surface area (Å²) in [4.78, 5) is 23.7. The van der Waals surface area contributed by atoms with Crippen LogP contribution in [-0.2, 0) is 4.79 Å². The van der Waals surface area contributed by atoms with Crippen LogP contribution in [0.15, 0.2) is 30.6 Å². The molecule has 1 saturated carbocycles. The number of aromatic nitrogens is 4. The SMILES string of the molecule is O=C(NC1(C(=O)O)CCCC1)c1ccc(-n2cnnn2)cc1. The van der Waals surface area contributed by atoms with Gasteiger partial charge in [-0.3, -0.25) is 4.79 Å². The average molecular weight is 301 g/mol. The van der Waals surface area contributed by atoms with Crippen molar-refractivity contribution >= 4 is 11.9 Å². The Morgan fingerprint density at radius 3 is 2.41 bits per heavy atom. The van der Waals surface area contributed by atoms with Gasteiger partial charge in [0.25, 0.3) is 5.91 Å². The molecule has 1 aromatic carbocycles. The van der Waals surface area contributed by atoms with E-state index in [9.17, 15) is 14.7 Å². The van der Waals surface area contributed by atoms with Crippen LogP contribution in [0.2, 0.25) is 0 Å². The Bertz CT molecular complexity index is 675. The fourth-order valence-electron chi connectivity index (χ4n) is 2.71. The van der Waals surface area contributed by atoms with Crippen molar-refractivity contribution in [1.82, 2.24) is 25.5 Å². The topological polar surface area (TPSA) is 110 Å². The molecule has 1 aliphatic carbocycles. The number of benzene rings is 1. The Morgan fingerprint density at radius 1 is 1.18 bits per heavy atom. The molecule has 1 heterocycles. The largest absolute Gasteiger partial charge is 0.480 e. The minimum absolute atomic E-state index is 0.382. The van der Waals surface area contributed by atoms with Gasteiger partial charge in [-0.2, -0.15) is 0 Å². The maximum Gasteiger partial charge on any atom is 0.329 e. The van der Waals surface area contributed by atoms with E-state index in [4.69, 9.17) is 0 Å². The first-order valence-electron chi connectivity index (χ1n) is 7.00. The second kappa shape index (κ2) is 5.55. The van der Waals surface area contributed by atoms with E-state index in [1.807, 2.05) is 0 Å². The summed E-state index contributed by atoms with van der Waals surface area (Å²) in [6.45, 7) is 0. The van der Waals surface area contributed by atoms with Crippen LogP contribution in [0.1, 0.15) is 36.0 Å². The van der Waals surface area contributed by atoms with Crippen molar-refractivity contribution < 1.29 is 14.7 Å². The van der Waals surface area contributed by atoms with Crippen molar-refractivity contribution in [3.63, 3.8) is 0 Å². The number of nitrogens with one attached hydrogen (secondary N) is 1. The predicted molar refractivity (Wildman–Crippen MR) is 75.5 cm³/mol. The van der Waals surface area contributed by atoms with Gasteiger partial charge in [0, 0.05) is 5.56 Å². The third kappa shape index (κ3) is 2.54. The molecule has 0 saturated heterocycles. The normalized spacial score (nSPS) is 16.4. The minimum Gasteiger partial charge on any atom is -0.480 e. The summed E-state index contributed by atoms with van der Waals surface area (Å²) in [5, 5.41) is 22.9. The molecule has 22 heavy (non-hydrogen) atoms. The number of carbonyl (C=O) groups is 2. The number of aliphatic carboxylic acids is 1. The van der Waals surface area contributed by atoms with E-state index in [1.54, 1.807) is 24.3 Å². The number of nitrogens with zero attached hydrogens (tertiary/aromatic N) is 4. The molecule has 8 nitrogen and oxygen atoms in total. The highest BCUT2D eigenvalue weighted by Crippen LogP contribution is 2.30. The minimum atomic E-state index is -1.13. The summed E-state index contributed by atoms with van der Waals surface area (Å²) >= 11 is 0. The molecular weight excluding hydrogens is 286 g/mol. The lowest BCUT2D eigenvalue weighted by Gasteiger charge is -2.25. The standard InChI is InChI=1S/C14H15N5O3/c20-12(16-14(13(21)22)7-1-2-8-14)10-3-5-11(6-4-10)19-9-15-17-18-19/h3-6,9H,1-2,7-8H2,(H,16,20)(H,21,22). The number of carboxylic acids is 1. The fourth-order valence-corrected chi connectivity index (χ4v) is 2.71. The van der Waals surface area contributed by atoms with E-state index in [2.05, 4.69) is 20.8 Å². The molecule has 0 radical (unpaired) electrons. The van der Waals surface area contributed by atoms with Crippen LogP contribution in [0.4, 0.5) is 0 Å². The van der Waals surface area contributed by atoms with Gasteiger partial charge < -0.3 is 10.4 Å². The molecule has 3 rings (SSSR count). The highest BCUT2D eigenvalue weighted by atomic mass is 16.4. The van der Waals surface area contributed by atoms with E-state index in [0.717, 1.165) is 18.5 Å². The first-order valence-corrected chi connectivity index (χ1v) is 7.00. The monoisotopic (exact) mass is 301 g/mol. The van der Waals surface area contributed by atoms with Gasteiger partial charge in [-0.25, -0.2) is 9.48 Å². The molecule has 1 amide bonds. The van der Waals surface area contributed by atoms with Crippen LogP contribution in [0.3, 0.4) is 0 Å². The Labute approximate surface area is 126 Å². The van der Waals surface area contributed by atoms with Crippen LogP contribution in [0, 0.1) is 0 Å². The van der Waals surface area contributed by atoms with Crippen LogP contribution >= 0.6 is 0 Å². The highest BCUT2D eigenvalue weighted by Gasteiger charge is 2.42. The second-order valence-electron chi connectivity index (χ2n) is 5.35. The molecule has 2 aromatic rings. The lowest BCUT2D eigenvalue weighted by molar-refractivity contribution is -0.144.